The summed E-state index contributed by atoms with van der Waals surface area (Å²) < 4.78 is 6.05. The topological polar surface area (TPSA) is 33.5 Å². The molecule has 2 heterocycles. The number of nitrogens with zero attached hydrogens (tertiary/aromatic N) is 1. The maximum Gasteiger partial charge on any atom is 0.294 e. The average Bonchev–Trinajstić information content (AvgIpc) is 3.27. The zero-order chi connectivity index (χ0) is 19.8. The van der Waals surface area contributed by atoms with Crippen molar-refractivity contribution in [2.75, 3.05) is 4.90 Å². The maximum atomic E-state index is 13.6. The Labute approximate surface area is 173 Å². The summed E-state index contributed by atoms with van der Waals surface area (Å²) in [5.74, 6) is 0.210. The van der Waals surface area contributed by atoms with E-state index in [1.165, 1.54) is 0 Å². The van der Waals surface area contributed by atoms with E-state index in [9.17, 15) is 4.79 Å². The van der Waals surface area contributed by atoms with Gasteiger partial charge in [-0.15, -0.1) is 11.3 Å². The molecule has 2 aromatic carbocycles. The minimum Gasteiger partial charge on any atom is -0.451 e. The minimum absolute atomic E-state index is 0.165. The number of furan rings is 1. The van der Waals surface area contributed by atoms with Crippen LogP contribution in [0.15, 0.2) is 58.3 Å². The van der Waals surface area contributed by atoms with Gasteiger partial charge in [0, 0.05) is 26.5 Å². The molecule has 4 rings (SSSR count). The molecule has 0 N–H and O–H groups in total. The van der Waals surface area contributed by atoms with Crippen LogP contribution in [0.4, 0.5) is 5.69 Å². The first kappa shape index (κ1) is 18.8. The Morgan fingerprint density at radius 2 is 1.93 bits per heavy atom. The van der Waals surface area contributed by atoms with Crippen molar-refractivity contribution in [3.8, 4) is 0 Å². The fourth-order valence-electron chi connectivity index (χ4n) is 3.60. The first-order valence-electron chi connectivity index (χ1n) is 9.04. The lowest BCUT2D eigenvalue weighted by molar-refractivity contribution is 0.0960. The highest BCUT2D eigenvalue weighted by Gasteiger charge is 2.26. The van der Waals surface area contributed by atoms with Gasteiger partial charge in [0.25, 0.3) is 5.91 Å². The second-order valence-electron chi connectivity index (χ2n) is 6.96. The van der Waals surface area contributed by atoms with Crippen molar-refractivity contribution in [1.29, 1.82) is 0 Å². The second-order valence-corrected chi connectivity index (χ2v) is 8.43. The molecule has 5 heteroatoms. The van der Waals surface area contributed by atoms with E-state index in [4.69, 9.17) is 16.0 Å². The smallest absolute Gasteiger partial charge is 0.294 e. The van der Waals surface area contributed by atoms with Crippen molar-refractivity contribution in [3.63, 3.8) is 0 Å². The van der Waals surface area contributed by atoms with E-state index < -0.39 is 0 Å². The van der Waals surface area contributed by atoms with E-state index in [1.807, 2.05) is 56.5 Å². The Balaban J connectivity index is 1.82. The molecule has 4 aromatic rings. The summed E-state index contributed by atoms with van der Waals surface area (Å²) in [6.45, 7) is 6.49. The van der Waals surface area contributed by atoms with Crippen molar-refractivity contribution in [2.45, 2.75) is 27.3 Å². The van der Waals surface area contributed by atoms with Gasteiger partial charge in [-0.05, 0) is 67.6 Å². The summed E-state index contributed by atoms with van der Waals surface area (Å²) in [6.07, 6.45) is 0. The molecule has 0 spiro atoms. The molecule has 142 valence electrons. The van der Waals surface area contributed by atoms with Crippen LogP contribution in [-0.2, 0) is 6.54 Å². The first-order chi connectivity index (χ1) is 13.4. The molecule has 1 amide bonds. The number of hydrogen-bond acceptors (Lipinski definition) is 3. The van der Waals surface area contributed by atoms with Crippen LogP contribution in [0.5, 0.6) is 0 Å². The SMILES string of the molecule is Cc1cc(C)c2c(C)c(C(=O)N(Cc3cccs3)c3cccc(Cl)c3)oc2c1. The summed E-state index contributed by atoms with van der Waals surface area (Å²) >= 11 is 7.82. The number of halogens is 1. The fraction of sp³-hybridized carbons (Fsp3) is 0.174. The molecule has 0 radical (unpaired) electrons. The van der Waals surface area contributed by atoms with Gasteiger partial charge >= 0.3 is 0 Å². The molecule has 2 aromatic heterocycles. The highest BCUT2D eigenvalue weighted by atomic mass is 35.5. The van der Waals surface area contributed by atoms with Gasteiger partial charge in [-0.1, -0.05) is 29.8 Å². The summed E-state index contributed by atoms with van der Waals surface area (Å²) in [4.78, 5) is 16.4. The van der Waals surface area contributed by atoms with Gasteiger partial charge in [0.05, 0.1) is 6.54 Å². The molecular weight excluding hydrogens is 390 g/mol. The number of anilines is 1. The zero-order valence-electron chi connectivity index (χ0n) is 16.0. The lowest BCUT2D eigenvalue weighted by Gasteiger charge is -2.22. The monoisotopic (exact) mass is 409 g/mol. The molecule has 0 aliphatic heterocycles. The van der Waals surface area contributed by atoms with Gasteiger partial charge in [-0.2, -0.15) is 0 Å². The van der Waals surface area contributed by atoms with Gasteiger partial charge < -0.3 is 9.32 Å². The third-order valence-electron chi connectivity index (χ3n) is 4.82. The van der Waals surface area contributed by atoms with Crippen LogP contribution in [0.3, 0.4) is 0 Å². The number of amides is 1. The number of carbonyl (C=O) groups is 1. The summed E-state index contributed by atoms with van der Waals surface area (Å²) in [7, 11) is 0. The lowest BCUT2D eigenvalue weighted by atomic mass is 10.0. The van der Waals surface area contributed by atoms with Gasteiger partial charge in [0.15, 0.2) is 5.76 Å². The van der Waals surface area contributed by atoms with Gasteiger partial charge in [0.2, 0.25) is 0 Å². The molecule has 3 nitrogen and oxygen atoms in total. The van der Waals surface area contributed by atoms with Crippen molar-refractivity contribution in [3.05, 3.63) is 86.3 Å². The quantitative estimate of drug-likeness (QED) is 0.366. The van der Waals surface area contributed by atoms with Crippen LogP contribution < -0.4 is 4.90 Å². The number of benzene rings is 2. The van der Waals surface area contributed by atoms with Crippen molar-refractivity contribution in [1.82, 2.24) is 0 Å². The van der Waals surface area contributed by atoms with Crippen molar-refractivity contribution in [2.24, 2.45) is 0 Å². The number of thiophene rings is 1. The van der Waals surface area contributed by atoms with Crippen molar-refractivity contribution < 1.29 is 9.21 Å². The van der Waals surface area contributed by atoms with Crippen LogP contribution in [0.1, 0.15) is 32.1 Å². The number of rotatable bonds is 4. The molecular formula is C23H20ClNO2S. The fourth-order valence-corrected chi connectivity index (χ4v) is 4.48. The second kappa shape index (κ2) is 7.46. The Morgan fingerprint density at radius 3 is 2.64 bits per heavy atom. The third kappa shape index (κ3) is 3.46. The summed E-state index contributed by atoms with van der Waals surface area (Å²) in [5, 5.41) is 3.61. The number of carbonyl (C=O) groups excluding carboxylic acids is 1. The molecule has 28 heavy (non-hydrogen) atoms. The lowest BCUT2D eigenvalue weighted by Crippen LogP contribution is -2.30. The highest BCUT2D eigenvalue weighted by molar-refractivity contribution is 7.09. The van der Waals surface area contributed by atoms with E-state index in [0.29, 0.717) is 17.3 Å². The van der Waals surface area contributed by atoms with Crippen LogP contribution in [0, 0.1) is 20.8 Å². The van der Waals surface area contributed by atoms with E-state index in [2.05, 4.69) is 6.07 Å². The van der Waals surface area contributed by atoms with Crippen LogP contribution in [0.2, 0.25) is 5.02 Å². The minimum atomic E-state index is -0.165. The number of aryl methyl sites for hydroxylation is 3. The molecule has 0 aliphatic carbocycles. The van der Waals surface area contributed by atoms with E-state index >= 15 is 0 Å². The Hall–Kier alpha value is -2.56. The molecule has 0 atom stereocenters. The maximum absolute atomic E-state index is 13.6. The third-order valence-corrected chi connectivity index (χ3v) is 5.92. The van der Waals surface area contributed by atoms with Crippen LogP contribution in [-0.4, -0.2) is 5.91 Å². The molecule has 0 unspecified atom stereocenters. The Morgan fingerprint density at radius 1 is 1.11 bits per heavy atom. The average molecular weight is 410 g/mol. The largest absolute Gasteiger partial charge is 0.451 e. The Bertz CT molecular complexity index is 1160. The highest BCUT2D eigenvalue weighted by Crippen LogP contribution is 2.32. The first-order valence-corrected chi connectivity index (χ1v) is 10.3. The van der Waals surface area contributed by atoms with E-state index in [1.54, 1.807) is 28.4 Å². The Kier molecular flexibility index (Phi) is 5.00. The van der Waals surface area contributed by atoms with Gasteiger partial charge in [0.1, 0.15) is 5.58 Å². The van der Waals surface area contributed by atoms with Gasteiger partial charge in [-0.25, -0.2) is 0 Å². The summed E-state index contributed by atoms with van der Waals surface area (Å²) in [5.41, 5.74) is 4.60. The van der Waals surface area contributed by atoms with E-state index in [-0.39, 0.29) is 5.91 Å². The zero-order valence-corrected chi connectivity index (χ0v) is 17.5. The predicted octanol–water partition coefficient (Wildman–Crippen LogP) is 6.92. The number of hydrogen-bond donors (Lipinski definition) is 0. The molecule has 0 fully saturated rings. The molecule has 0 aliphatic rings. The van der Waals surface area contributed by atoms with E-state index in [0.717, 1.165) is 38.2 Å². The van der Waals surface area contributed by atoms with Crippen molar-refractivity contribution >= 4 is 45.5 Å². The number of fused-ring (bicyclic) bond motifs is 1. The molecule has 0 saturated carbocycles. The molecule has 0 saturated heterocycles. The van der Waals surface area contributed by atoms with Gasteiger partial charge in [-0.3, -0.25) is 4.79 Å². The molecule has 0 bridgehead atoms. The van der Waals surface area contributed by atoms with Crippen LogP contribution in [0.25, 0.3) is 11.0 Å². The summed E-state index contributed by atoms with van der Waals surface area (Å²) in [6, 6.07) is 15.5. The predicted molar refractivity (Wildman–Crippen MR) is 117 cm³/mol. The normalized spacial score (nSPS) is 11.1. The standard InChI is InChI=1S/C23H20ClNO2S/c1-14-10-15(2)21-16(3)22(27-20(21)11-14)23(26)25(13-19-8-5-9-28-19)18-7-4-6-17(24)12-18/h4-12H,13H2,1-3H3. The van der Waals surface area contributed by atoms with Crippen LogP contribution >= 0.6 is 22.9 Å².